The highest BCUT2D eigenvalue weighted by molar-refractivity contribution is 7.17. The summed E-state index contributed by atoms with van der Waals surface area (Å²) < 4.78 is 11.9. The number of aromatic nitrogens is 2. The number of esters is 1. The minimum absolute atomic E-state index is 0.0306. The Morgan fingerprint density at radius 3 is 2.65 bits per heavy atom. The SMILES string of the molecule is COc1ccc(-c2csc3ncn([C@H](C)C(=O)OCc4ccccc4Cl)c(=O)c23)cc1. The first-order chi connectivity index (χ1) is 15.0. The van der Waals surface area contributed by atoms with Crippen LogP contribution in [0.4, 0.5) is 0 Å². The second-order valence-corrected chi connectivity index (χ2v) is 8.16. The van der Waals surface area contributed by atoms with Gasteiger partial charge in [-0.05, 0) is 30.7 Å². The van der Waals surface area contributed by atoms with Crippen molar-refractivity contribution >= 4 is 39.1 Å². The summed E-state index contributed by atoms with van der Waals surface area (Å²) in [4.78, 5) is 30.9. The molecule has 0 amide bonds. The molecule has 0 aliphatic heterocycles. The van der Waals surface area contributed by atoms with Crippen LogP contribution in [0.25, 0.3) is 21.3 Å². The molecule has 0 N–H and O–H groups in total. The molecule has 4 aromatic rings. The minimum atomic E-state index is -0.837. The molecular formula is C23H19ClN2O4S. The molecule has 31 heavy (non-hydrogen) atoms. The lowest BCUT2D eigenvalue weighted by Gasteiger charge is -2.15. The van der Waals surface area contributed by atoms with E-state index >= 15 is 0 Å². The van der Waals surface area contributed by atoms with Crippen LogP contribution < -0.4 is 10.3 Å². The number of benzene rings is 2. The summed E-state index contributed by atoms with van der Waals surface area (Å²) in [5.74, 6) is 0.193. The zero-order valence-corrected chi connectivity index (χ0v) is 18.4. The van der Waals surface area contributed by atoms with Crippen LogP contribution in [0.1, 0.15) is 18.5 Å². The van der Waals surface area contributed by atoms with Crippen LogP contribution in [0.3, 0.4) is 0 Å². The standard InChI is InChI=1S/C23H19ClN2O4S/c1-14(23(28)30-11-16-5-3-4-6-19(16)24)26-13-25-21-20(22(26)27)18(12-31-21)15-7-9-17(29-2)10-8-15/h3-10,12-14H,11H2,1-2H3/t14-/m1/s1. The molecule has 6 nitrogen and oxygen atoms in total. The molecule has 0 aliphatic rings. The largest absolute Gasteiger partial charge is 0.497 e. The van der Waals surface area contributed by atoms with Gasteiger partial charge in [0.25, 0.3) is 5.56 Å². The number of nitrogens with zero attached hydrogens (tertiary/aromatic N) is 2. The fraction of sp³-hybridized carbons (Fsp3) is 0.174. The molecule has 0 saturated carbocycles. The number of hydrogen-bond acceptors (Lipinski definition) is 6. The lowest BCUT2D eigenvalue weighted by atomic mass is 10.1. The van der Waals surface area contributed by atoms with Gasteiger partial charge in [-0.2, -0.15) is 0 Å². The van der Waals surface area contributed by atoms with Crippen molar-refractivity contribution in [2.75, 3.05) is 7.11 Å². The first-order valence-electron chi connectivity index (χ1n) is 9.52. The quantitative estimate of drug-likeness (QED) is 0.379. The first-order valence-corrected chi connectivity index (χ1v) is 10.8. The average Bonchev–Trinajstić information content (AvgIpc) is 3.23. The third kappa shape index (κ3) is 4.19. The van der Waals surface area contributed by atoms with Gasteiger partial charge >= 0.3 is 5.97 Å². The second kappa shape index (κ2) is 8.91. The maximum atomic E-state index is 13.3. The van der Waals surface area contributed by atoms with Gasteiger partial charge in [0.05, 0.1) is 18.8 Å². The number of methoxy groups -OCH3 is 1. The highest BCUT2D eigenvalue weighted by Gasteiger charge is 2.21. The van der Waals surface area contributed by atoms with Gasteiger partial charge in [0.15, 0.2) is 0 Å². The van der Waals surface area contributed by atoms with Crippen molar-refractivity contribution in [3.05, 3.63) is 81.2 Å². The minimum Gasteiger partial charge on any atom is -0.497 e. The van der Waals surface area contributed by atoms with Crippen molar-refractivity contribution in [1.29, 1.82) is 0 Å². The van der Waals surface area contributed by atoms with Gasteiger partial charge in [0, 0.05) is 21.5 Å². The van der Waals surface area contributed by atoms with Gasteiger partial charge in [-0.1, -0.05) is 41.9 Å². The average molecular weight is 455 g/mol. The Hall–Kier alpha value is -3.16. The summed E-state index contributed by atoms with van der Waals surface area (Å²) in [6.45, 7) is 1.64. The molecular weight excluding hydrogens is 436 g/mol. The van der Waals surface area contributed by atoms with Gasteiger partial charge in [-0.3, -0.25) is 9.36 Å². The van der Waals surface area contributed by atoms with E-state index in [1.807, 2.05) is 35.7 Å². The Labute approximate surface area is 187 Å². The van der Waals surface area contributed by atoms with Crippen molar-refractivity contribution in [2.45, 2.75) is 19.6 Å². The summed E-state index contributed by atoms with van der Waals surface area (Å²) in [6, 6.07) is 13.7. The Morgan fingerprint density at radius 2 is 1.94 bits per heavy atom. The molecule has 0 spiro atoms. The fourth-order valence-electron chi connectivity index (χ4n) is 3.20. The van der Waals surface area contributed by atoms with Crippen molar-refractivity contribution in [2.24, 2.45) is 0 Å². The Kier molecular flexibility index (Phi) is 6.06. The van der Waals surface area contributed by atoms with Crippen LogP contribution in [0.5, 0.6) is 5.75 Å². The molecule has 0 bridgehead atoms. The Morgan fingerprint density at radius 1 is 1.19 bits per heavy atom. The van der Waals surface area contributed by atoms with Gasteiger partial charge in [-0.25, -0.2) is 9.78 Å². The van der Waals surface area contributed by atoms with E-state index in [2.05, 4.69) is 4.98 Å². The smallest absolute Gasteiger partial charge is 0.329 e. The fourth-order valence-corrected chi connectivity index (χ4v) is 4.30. The molecule has 2 aromatic carbocycles. The number of ether oxygens (including phenoxy) is 2. The Balaban J connectivity index is 1.63. The molecule has 0 saturated heterocycles. The van der Waals surface area contributed by atoms with Crippen LogP contribution in [0, 0.1) is 0 Å². The van der Waals surface area contributed by atoms with E-state index in [1.54, 1.807) is 32.2 Å². The zero-order chi connectivity index (χ0) is 22.0. The molecule has 4 rings (SSSR count). The predicted molar refractivity (Wildman–Crippen MR) is 122 cm³/mol. The van der Waals surface area contributed by atoms with Gasteiger partial charge in [0.1, 0.15) is 23.2 Å². The molecule has 0 unspecified atom stereocenters. The summed E-state index contributed by atoms with van der Waals surface area (Å²) in [5.41, 5.74) is 2.05. The van der Waals surface area contributed by atoms with Crippen LogP contribution in [-0.2, 0) is 16.1 Å². The third-order valence-electron chi connectivity index (χ3n) is 5.01. The summed E-state index contributed by atoms with van der Waals surface area (Å²) in [6.07, 6.45) is 1.39. The number of carbonyl (C=O) groups is 1. The lowest BCUT2D eigenvalue weighted by molar-refractivity contribution is -0.148. The maximum Gasteiger partial charge on any atom is 0.329 e. The number of halogens is 1. The van der Waals surface area contributed by atoms with Crippen LogP contribution in [0.15, 0.2) is 65.0 Å². The lowest BCUT2D eigenvalue weighted by Crippen LogP contribution is -2.29. The number of carbonyl (C=O) groups excluding carboxylic acids is 1. The number of fused-ring (bicyclic) bond motifs is 1. The first kappa shape index (κ1) is 21.1. The van der Waals surface area contributed by atoms with Crippen molar-refractivity contribution in [3.63, 3.8) is 0 Å². The van der Waals surface area contributed by atoms with Crippen molar-refractivity contribution < 1.29 is 14.3 Å². The number of hydrogen-bond donors (Lipinski definition) is 0. The number of thiophene rings is 1. The van der Waals surface area contributed by atoms with E-state index in [1.165, 1.54) is 22.2 Å². The van der Waals surface area contributed by atoms with Crippen molar-refractivity contribution in [3.8, 4) is 16.9 Å². The normalized spacial score (nSPS) is 12.0. The van der Waals surface area contributed by atoms with Gasteiger partial charge in [0.2, 0.25) is 0 Å². The zero-order valence-electron chi connectivity index (χ0n) is 16.9. The van der Waals surface area contributed by atoms with Crippen LogP contribution in [0.2, 0.25) is 5.02 Å². The maximum absolute atomic E-state index is 13.3. The van der Waals surface area contributed by atoms with Gasteiger partial charge < -0.3 is 9.47 Å². The highest BCUT2D eigenvalue weighted by atomic mass is 35.5. The van der Waals surface area contributed by atoms with E-state index in [0.29, 0.717) is 20.8 Å². The molecule has 8 heteroatoms. The van der Waals surface area contributed by atoms with E-state index in [9.17, 15) is 9.59 Å². The number of rotatable bonds is 6. The van der Waals surface area contributed by atoms with E-state index in [0.717, 1.165) is 16.9 Å². The Bertz CT molecular complexity index is 1300. The third-order valence-corrected chi connectivity index (χ3v) is 6.26. The summed E-state index contributed by atoms with van der Waals surface area (Å²) in [7, 11) is 1.60. The van der Waals surface area contributed by atoms with Gasteiger partial charge in [-0.15, -0.1) is 11.3 Å². The molecule has 1 atom stereocenters. The summed E-state index contributed by atoms with van der Waals surface area (Å²) >= 11 is 7.50. The second-order valence-electron chi connectivity index (χ2n) is 6.89. The molecule has 158 valence electrons. The van der Waals surface area contributed by atoms with Crippen LogP contribution in [-0.4, -0.2) is 22.6 Å². The molecule has 0 radical (unpaired) electrons. The molecule has 0 fully saturated rings. The molecule has 2 heterocycles. The summed E-state index contributed by atoms with van der Waals surface area (Å²) in [5, 5.41) is 2.89. The molecule has 0 aliphatic carbocycles. The monoisotopic (exact) mass is 454 g/mol. The van der Waals surface area contributed by atoms with Crippen LogP contribution >= 0.6 is 22.9 Å². The molecule has 2 aromatic heterocycles. The van der Waals surface area contributed by atoms with E-state index in [4.69, 9.17) is 21.1 Å². The predicted octanol–water partition coefficient (Wildman–Crippen LogP) is 5.09. The van der Waals surface area contributed by atoms with E-state index in [-0.39, 0.29) is 12.2 Å². The van der Waals surface area contributed by atoms with E-state index < -0.39 is 12.0 Å². The highest BCUT2D eigenvalue weighted by Crippen LogP contribution is 2.32. The topological polar surface area (TPSA) is 70.4 Å². The van der Waals surface area contributed by atoms with Crippen molar-refractivity contribution in [1.82, 2.24) is 9.55 Å².